The number of ether oxygens (including phenoxy) is 1. The summed E-state index contributed by atoms with van der Waals surface area (Å²) < 4.78 is 54.4. The summed E-state index contributed by atoms with van der Waals surface area (Å²) in [4.78, 5) is 0. The monoisotopic (exact) mass is 304 g/mol. The Morgan fingerprint density at radius 1 is 1.05 bits per heavy atom. The van der Waals surface area contributed by atoms with Crippen molar-refractivity contribution in [3.05, 3.63) is 52.8 Å². The number of benzene rings is 2. The van der Waals surface area contributed by atoms with Crippen LogP contribution in [-0.2, 0) is 0 Å². The van der Waals surface area contributed by atoms with Crippen molar-refractivity contribution in [3.8, 4) is 16.9 Å². The van der Waals surface area contributed by atoms with Crippen LogP contribution in [0.4, 0.5) is 17.6 Å². The molecule has 1 nitrogen and oxygen atoms in total. The van der Waals surface area contributed by atoms with E-state index in [-0.39, 0.29) is 16.1 Å². The van der Waals surface area contributed by atoms with Gasteiger partial charge in [0, 0.05) is 16.1 Å². The van der Waals surface area contributed by atoms with Crippen LogP contribution in [0.2, 0.25) is 5.02 Å². The van der Waals surface area contributed by atoms with Gasteiger partial charge in [-0.3, -0.25) is 0 Å². The highest BCUT2D eigenvalue weighted by molar-refractivity contribution is 6.33. The van der Waals surface area contributed by atoms with Gasteiger partial charge in [0.1, 0.15) is 11.6 Å². The molecule has 0 saturated heterocycles. The largest absolute Gasteiger partial charge is 0.573 e. The highest BCUT2D eigenvalue weighted by atomic mass is 35.5. The first kappa shape index (κ1) is 14.7. The molecule has 0 aliphatic rings. The normalized spacial score (nSPS) is 11.5. The van der Waals surface area contributed by atoms with Gasteiger partial charge in [-0.2, -0.15) is 0 Å². The van der Waals surface area contributed by atoms with E-state index in [0.29, 0.717) is 5.56 Å². The second kappa shape index (κ2) is 5.32. The van der Waals surface area contributed by atoms with E-state index in [1.54, 1.807) is 19.1 Å². The smallest absolute Gasteiger partial charge is 0.406 e. The lowest BCUT2D eigenvalue weighted by molar-refractivity contribution is -0.274. The Hall–Kier alpha value is -1.75. The molecule has 20 heavy (non-hydrogen) atoms. The fraction of sp³-hybridized carbons (Fsp3) is 0.143. The SMILES string of the molecule is Cc1cccc(-c2cc(OC(F)(F)F)ccc2Cl)c1F. The van der Waals surface area contributed by atoms with E-state index < -0.39 is 17.9 Å². The van der Waals surface area contributed by atoms with Crippen molar-refractivity contribution in [2.45, 2.75) is 13.3 Å². The summed E-state index contributed by atoms with van der Waals surface area (Å²) in [6.07, 6.45) is -4.81. The zero-order valence-electron chi connectivity index (χ0n) is 10.3. The van der Waals surface area contributed by atoms with Gasteiger partial charge in [0.25, 0.3) is 0 Å². The van der Waals surface area contributed by atoms with Gasteiger partial charge < -0.3 is 4.74 Å². The van der Waals surface area contributed by atoms with E-state index in [9.17, 15) is 17.6 Å². The molecule has 0 N–H and O–H groups in total. The maximum atomic E-state index is 14.0. The van der Waals surface area contributed by atoms with Crippen molar-refractivity contribution >= 4 is 11.6 Å². The van der Waals surface area contributed by atoms with E-state index in [4.69, 9.17) is 11.6 Å². The van der Waals surface area contributed by atoms with Crippen molar-refractivity contribution in [1.82, 2.24) is 0 Å². The minimum atomic E-state index is -4.81. The Morgan fingerprint density at radius 2 is 1.75 bits per heavy atom. The van der Waals surface area contributed by atoms with Crippen LogP contribution in [0, 0.1) is 12.7 Å². The summed E-state index contributed by atoms with van der Waals surface area (Å²) in [6.45, 7) is 1.56. The van der Waals surface area contributed by atoms with E-state index in [0.717, 1.165) is 12.1 Å². The van der Waals surface area contributed by atoms with Gasteiger partial charge >= 0.3 is 6.36 Å². The molecule has 2 rings (SSSR count). The molecule has 2 aromatic carbocycles. The molecule has 0 fully saturated rings. The van der Waals surface area contributed by atoms with Crippen LogP contribution in [0.1, 0.15) is 5.56 Å². The number of alkyl halides is 3. The molecule has 0 aliphatic carbocycles. The minimum Gasteiger partial charge on any atom is -0.406 e. The third-order valence-corrected chi connectivity index (χ3v) is 2.98. The Bertz CT molecular complexity index is 638. The van der Waals surface area contributed by atoms with Crippen molar-refractivity contribution in [3.63, 3.8) is 0 Å². The van der Waals surface area contributed by atoms with Crippen molar-refractivity contribution < 1.29 is 22.3 Å². The molecule has 0 spiro atoms. The molecular weight excluding hydrogens is 296 g/mol. The lowest BCUT2D eigenvalue weighted by Gasteiger charge is -2.12. The predicted molar refractivity (Wildman–Crippen MR) is 68.3 cm³/mol. The number of rotatable bonds is 2. The maximum Gasteiger partial charge on any atom is 0.573 e. The van der Waals surface area contributed by atoms with Crippen LogP contribution < -0.4 is 4.74 Å². The van der Waals surface area contributed by atoms with Gasteiger partial charge in [-0.25, -0.2) is 4.39 Å². The summed E-state index contributed by atoms with van der Waals surface area (Å²) >= 11 is 5.92. The second-order valence-electron chi connectivity index (χ2n) is 4.13. The van der Waals surface area contributed by atoms with Crippen molar-refractivity contribution in [1.29, 1.82) is 0 Å². The number of hydrogen-bond donors (Lipinski definition) is 0. The van der Waals surface area contributed by atoms with Gasteiger partial charge in [0.2, 0.25) is 0 Å². The van der Waals surface area contributed by atoms with Gasteiger partial charge in [0.05, 0.1) is 0 Å². The first-order valence-corrected chi connectivity index (χ1v) is 5.96. The van der Waals surface area contributed by atoms with Gasteiger partial charge in [-0.05, 0) is 30.7 Å². The Balaban J connectivity index is 2.51. The van der Waals surface area contributed by atoms with E-state index in [2.05, 4.69) is 4.74 Å². The molecule has 2 aromatic rings. The zero-order chi connectivity index (χ0) is 14.9. The average Bonchev–Trinajstić information content (AvgIpc) is 2.34. The van der Waals surface area contributed by atoms with E-state index in [1.807, 2.05) is 0 Å². The molecule has 0 radical (unpaired) electrons. The Kier molecular flexibility index (Phi) is 3.90. The van der Waals surface area contributed by atoms with Crippen LogP contribution in [0.25, 0.3) is 11.1 Å². The first-order valence-electron chi connectivity index (χ1n) is 5.59. The lowest BCUT2D eigenvalue weighted by Crippen LogP contribution is -2.17. The quantitative estimate of drug-likeness (QED) is 0.679. The third-order valence-electron chi connectivity index (χ3n) is 2.65. The van der Waals surface area contributed by atoms with Crippen LogP contribution in [0.3, 0.4) is 0 Å². The first-order chi connectivity index (χ1) is 9.28. The van der Waals surface area contributed by atoms with Crippen LogP contribution >= 0.6 is 11.6 Å². The Morgan fingerprint density at radius 3 is 2.40 bits per heavy atom. The third kappa shape index (κ3) is 3.22. The predicted octanol–water partition coefficient (Wildman–Crippen LogP) is 5.35. The van der Waals surface area contributed by atoms with Crippen LogP contribution in [0.5, 0.6) is 5.75 Å². The second-order valence-corrected chi connectivity index (χ2v) is 4.53. The summed E-state index contributed by atoms with van der Waals surface area (Å²) in [5.74, 6) is -0.976. The molecule has 0 saturated carbocycles. The standard InChI is InChI=1S/C14H9ClF4O/c1-8-3-2-4-10(13(8)16)11-7-9(5-6-12(11)15)20-14(17,18)19/h2-7H,1H3. The molecule has 6 heteroatoms. The highest BCUT2D eigenvalue weighted by Gasteiger charge is 2.31. The molecule has 0 aliphatic heterocycles. The molecule has 0 bridgehead atoms. The van der Waals surface area contributed by atoms with Gasteiger partial charge in [0.15, 0.2) is 0 Å². The van der Waals surface area contributed by atoms with Gasteiger partial charge in [-0.15, -0.1) is 13.2 Å². The fourth-order valence-electron chi connectivity index (χ4n) is 1.76. The highest BCUT2D eigenvalue weighted by Crippen LogP contribution is 2.35. The summed E-state index contributed by atoms with van der Waals surface area (Å²) in [5, 5.41) is 0.143. The van der Waals surface area contributed by atoms with Gasteiger partial charge in [-0.1, -0.05) is 29.8 Å². The van der Waals surface area contributed by atoms with Crippen molar-refractivity contribution in [2.75, 3.05) is 0 Å². The molecular formula is C14H9ClF4O. The minimum absolute atomic E-state index is 0.127. The maximum absolute atomic E-state index is 14.0. The molecule has 106 valence electrons. The topological polar surface area (TPSA) is 9.23 Å². The molecule has 0 aromatic heterocycles. The average molecular weight is 305 g/mol. The van der Waals surface area contributed by atoms with E-state index >= 15 is 0 Å². The fourth-order valence-corrected chi connectivity index (χ4v) is 1.98. The number of hydrogen-bond acceptors (Lipinski definition) is 1. The lowest BCUT2D eigenvalue weighted by atomic mass is 10.0. The molecule has 0 amide bonds. The molecule has 0 unspecified atom stereocenters. The summed E-state index contributed by atoms with van der Waals surface area (Å²) in [6, 6.07) is 7.98. The number of halogens is 5. The van der Waals surface area contributed by atoms with Crippen molar-refractivity contribution in [2.24, 2.45) is 0 Å². The van der Waals surface area contributed by atoms with Crippen LogP contribution in [-0.4, -0.2) is 6.36 Å². The molecule has 0 atom stereocenters. The Labute approximate surface area is 117 Å². The summed E-state index contributed by atoms with van der Waals surface area (Å²) in [5.41, 5.74) is 0.651. The summed E-state index contributed by atoms with van der Waals surface area (Å²) in [7, 11) is 0. The zero-order valence-corrected chi connectivity index (χ0v) is 11.0. The van der Waals surface area contributed by atoms with E-state index in [1.165, 1.54) is 12.1 Å². The van der Waals surface area contributed by atoms with Crippen LogP contribution in [0.15, 0.2) is 36.4 Å². The number of aryl methyl sites for hydroxylation is 1. The molecule has 0 heterocycles.